The first-order chi connectivity index (χ1) is 24.9. The number of ether oxygens (including phenoxy) is 2. The van der Waals surface area contributed by atoms with E-state index in [1.807, 2.05) is 6.20 Å². The molecule has 6 aromatic rings. The van der Waals surface area contributed by atoms with E-state index in [1.54, 1.807) is 0 Å². The molecule has 0 bridgehead atoms. The zero-order chi connectivity index (χ0) is 37.9. The Balaban J connectivity index is 0.00000450. The minimum Gasteiger partial charge on any atom is -0.518 e. The van der Waals surface area contributed by atoms with Gasteiger partial charge in [0.2, 0.25) is 0 Å². The van der Waals surface area contributed by atoms with Crippen LogP contribution in [-0.4, -0.2) is 27.6 Å². The summed E-state index contributed by atoms with van der Waals surface area (Å²) >= 11 is 0. The molecule has 8 rings (SSSR count). The van der Waals surface area contributed by atoms with Crippen molar-refractivity contribution >= 4 is 27.7 Å². The summed E-state index contributed by atoms with van der Waals surface area (Å²) < 4.78 is 15.5. The number of fused-ring (bicyclic) bond motifs is 5. The van der Waals surface area contributed by atoms with Gasteiger partial charge >= 0.3 is 21.1 Å². The van der Waals surface area contributed by atoms with Crippen LogP contribution in [0.1, 0.15) is 105 Å². The third kappa shape index (κ3) is 6.02. The van der Waals surface area contributed by atoms with Crippen molar-refractivity contribution in [2.75, 3.05) is 6.61 Å². The third-order valence-corrected chi connectivity index (χ3v) is 11.8. The molecule has 1 atom stereocenters. The maximum atomic E-state index is 6.90. The third-order valence-electron chi connectivity index (χ3n) is 11.8. The summed E-state index contributed by atoms with van der Waals surface area (Å²) in [4.78, 5) is 10.2. The van der Waals surface area contributed by atoms with Crippen LogP contribution >= 0.6 is 0 Å². The molecule has 4 heterocycles. The SMILES string of the molecule is Cc1cc(C)c(-c2cc(Oc3[c-]c4c(cc3C)c3cc(C(C)(C)C)cc5c3n4-c3ncc(C)cc3C5(C)C)[c-]c(C3=N[C@](C)(C(C)C)CO3)c2)c(C)c1.[Pt+2]. The molecule has 0 saturated heterocycles. The topological polar surface area (TPSA) is 48.6 Å². The average molecular weight is 897 g/mol. The first kappa shape index (κ1) is 38.1. The molecular formula is C48H51N3O2Pt. The number of rotatable bonds is 5. The average Bonchev–Trinajstić information content (AvgIpc) is 3.62. The minimum atomic E-state index is -0.299. The van der Waals surface area contributed by atoms with Gasteiger partial charge in [-0.1, -0.05) is 114 Å². The van der Waals surface area contributed by atoms with Crippen LogP contribution in [0.2, 0.25) is 0 Å². The summed E-state index contributed by atoms with van der Waals surface area (Å²) in [6, 6.07) is 25.4. The van der Waals surface area contributed by atoms with Gasteiger partial charge in [0.1, 0.15) is 18.3 Å². The van der Waals surface area contributed by atoms with E-state index in [2.05, 4.69) is 155 Å². The summed E-state index contributed by atoms with van der Waals surface area (Å²) in [5, 5.41) is 2.37. The van der Waals surface area contributed by atoms with E-state index in [9.17, 15) is 0 Å². The number of pyridine rings is 1. The van der Waals surface area contributed by atoms with Crippen LogP contribution in [0.5, 0.6) is 11.5 Å². The van der Waals surface area contributed by atoms with E-state index in [4.69, 9.17) is 19.5 Å². The van der Waals surface area contributed by atoms with Crippen molar-refractivity contribution in [1.82, 2.24) is 9.55 Å². The minimum absolute atomic E-state index is 0. The van der Waals surface area contributed by atoms with Gasteiger partial charge in [0, 0.05) is 34.2 Å². The maximum Gasteiger partial charge on any atom is 2.00 e. The van der Waals surface area contributed by atoms with Gasteiger partial charge in [0.15, 0.2) is 0 Å². The van der Waals surface area contributed by atoms with Gasteiger partial charge in [-0.3, -0.25) is 4.99 Å². The number of hydrogen-bond donors (Lipinski definition) is 0. The molecule has 0 saturated carbocycles. The van der Waals surface area contributed by atoms with E-state index in [1.165, 1.54) is 49.8 Å². The van der Waals surface area contributed by atoms with Gasteiger partial charge < -0.3 is 14.0 Å². The molecule has 2 aromatic heterocycles. The molecule has 2 aliphatic rings. The van der Waals surface area contributed by atoms with Crippen molar-refractivity contribution in [2.24, 2.45) is 10.9 Å². The summed E-state index contributed by atoms with van der Waals surface area (Å²) in [7, 11) is 0. The molecule has 5 nitrogen and oxygen atoms in total. The van der Waals surface area contributed by atoms with Crippen LogP contribution in [0.4, 0.5) is 0 Å². The Morgan fingerprint density at radius 1 is 0.815 bits per heavy atom. The Hall–Kier alpha value is -4.21. The van der Waals surface area contributed by atoms with Crippen molar-refractivity contribution in [3.05, 3.63) is 117 Å². The van der Waals surface area contributed by atoms with Gasteiger partial charge in [-0.05, 0) is 90.8 Å². The normalized spacial score (nSPS) is 17.4. The van der Waals surface area contributed by atoms with E-state index < -0.39 is 0 Å². The number of aliphatic imine (C=N–C) groups is 1. The molecule has 0 radical (unpaired) electrons. The Morgan fingerprint density at radius 3 is 2.17 bits per heavy atom. The first-order valence-corrected chi connectivity index (χ1v) is 19.0. The van der Waals surface area contributed by atoms with Crippen LogP contribution in [0.15, 0.2) is 59.7 Å². The van der Waals surface area contributed by atoms with E-state index in [-0.39, 0.29) is 37.4 Å². The second kappa shape index (κ2) is 12.9. The van der Waals surface area contributed by atoms with Gasteiger partial charge in [-0.2, -0.15) is 6.07 Å². The van der Waals surface area contributed by atoms with Crippen molar-refractivity contribution in [1.29, 1.82) is 0 Å². The standard InChI is InChI=1S/C48H51N3O2.Pt/c1-26(2)48(13)25-52-45(50-48)33-18-32(42-30(6)14-27(3)15-31(42)7)19-35(20-33)53-41-23-40-36(17-29(41)5)37-21-34(46(8,9)10)22-38-43(37)51(40)44-39(47(38,11)12)16-28(4)24-49-44;/h14-19,21-22,24,26H,25H2,1-13H3;/q-2;+2/t48-;/m0./s1. The van der Waals surface area contributed by atoms with Crippen molar-refractivity contribution in [3.63, 3.8) is 0 Å². The fourth-order valence-corrected chi connectivity index (χ4v) is 8.32. The largest absolute Gasteiger partial charge is 2.00 e. The zero-order valence-corrected chi connectivity index (χ0v) is 36.2. The van der Waals surface area contributed by atoms with Crippen LogP contribution < -0.4 is 4.74 Å². The molecule has 2 aliphatic heterocycles. The summed E-state index contributed by atoms with van der Waals surface area (Å²) in [5.41, 5.74) is 14.3. The van der Waals surface area contributed by atoms with Crippen molar-refractivity contribution in [3.8, 4) is 28.4 Å². The number of aryl methyl sites for hydroxylation is 5. The molecule has 54 heavy (non-hydrogen) atoms. The van der Waals surface area contributed by atoms with Gasteiger partial charge in [-0.25, -0.2) is 4.98 Å². The summed E-state index contributed by atoms with van der Waals surface area (Å²) in [5.74, 6) is 3.15. The summed E-state index contributed by atoms with van der Waals surface area (Å²) in [6.45, 7) is 29.4. The molecule has 0 unspecified atom stereocenters. The fraction of sp³-hybridized carbons (Fsp3) is 0.375. The Morgan fingerprint density at radius 2 is 1.52 bits per heavy atom. The molecule has 0 spiro atoms. The second-order valence-corrected chi connectivity index (χ2v) is 17.8. The molecule has 0 aliphatic carbocycles. The molecule has 0 fully saturated rings. The number of benzene rings is 4. The predicted molar refractivity (Wildman–Crippen MR) is 218 cm³/mol. The van der Waals surface area contributed by atoms with E-state index in [0.29, 0.717) is 29.9 Å². The smallest absolute Gasteiger partial charge is 0.518 e. The number of hydrogen-bond acceptors (Lipinski definition) is 4. The Kier molecular flexibility index (Phi) is 9.13. The molecule has 0 amide bonds. The van der Waals surface area contributed by atoms with Crippen molar-refractivity contribution < 1.29 is 30.5 Å². The molecule has 0 N–H and O–H groups in total. The van der Waals surface area contributed by atoms with Crippen LogP contribution in [-0.2, 0) is 36.6 Å². The number of aromatic nitrogens is 2. The zero-order valence-electron chi connectivity index (χ0n) is 34.0. The monoisotopic (exact) mass is 896 g/mol. The first-order valence-electron chi connectivity index (χ1n) is 19.0. The van der Waals surface area contributed by atoms with Gasteiger partial charge in [0.05, 0.1) is 5.54 Å². The van der Waals surface area contributed by atoms with Crippen molar-refractivity contribution in [2.45, 2.75) is 106 Å². The van der Waals surface area contributed by atoms with Crippen LogP contribution in [0.25, 0.3) is 38.8 Å². The van der Waals surface area contributed by atoms with Crippen LogP contribution in [0, 0.1) is 52.7 Å². The van der Waals surface area contributed by atoms with Gasteiger partial charge in [-0.15, -0.1) is 23.1 Å². The molecule has 6 heteroatoms. The predicted octanol–water partition coefficient (Wildman–Crippen LogP) is 11.9. The van der Waals surface area contributed by atoms with Gasteiger partial charge in [0.25, 0.3) is 0 Å². The Labute approximate surface area is 335 Å². The van der Waals surface area contributed by atoms with E-state index >= 15 is 0 Å². The summed E-state index contributed by atoms with van der Waals surface area (Å²) in [6.07, 6.45) is 1.97. The quantitative estimate of drug-likeness (QED) is 0.162. The molecule has 4 aromatic carbocycles. The maximum absolute atomic E-state index is 6.90. The van der Waals surface area contributed by atoms with Crippen LogP contribution in [0.3, 0.4) is 0 Å². The molecule has 280 valence electrons. The molecular weight excluding hydrogens is 846 g/mol. The fourth-order valence-electron chi connectivity index (χ4n) is 8.32. The van der Waals surface area contributed by atoms with E-state index in [0.717, 1.165) is 39.0 Å². The number of nitrogens with zero attached hydrogens (tertiary/aromatic N) is 3. The Bertz CT molecular complexity index is 2530. The second-order valence-electron chi connectivity index (χ2n) is 17.8.